The summed E-state index contributed by atoms with van der Waals surface area (Å²) in [6.45, 7) is 1.69. The second-order valence-electron chi connectivity index (χ2n) is 5.60. The molecule has 0 bridgehead atoms. The Bertz CT molecular complexity index is 1140. The first-order chi connectivity index (χ1) is 12.9. The van der Waals surface area contributed by atoms with Gasteiger partial charge in [-0.1, -0.05) is 17.7 Å². The Kier molecular flexibility index (Phi) is 4.33. The van der Waals surface area contributed by atoms with Crippen molar-refractivity contribution in [3.63, 3.8) is 0 Å². The molecule has 4 aromatic rings. The fourth-order valence-electron chi connectivity index (χ4n) is 2.56. The molecule has 0 aliphatic carbocycles. The first-order valence-corrected chi connectivity index (χ1v) is 8.89. The van der Waals surface area contributed by atoms with Crippen LogP contribution in [0.1, 0.15) is 5.82 Å². The zero-order valence-electron chi connectivity index (χ0n) is 13.8. The van der Waals surface area contributed by atoms with Crippen molar-refractivity contribution in [2.45, 2.75) is 6.92 Å². The zero-order valence-corrected chi connectivity index (χ0v) is 15.4. The Labute approximate surface area is 161 Å². The van der Waals surface area contributed by atoms with Gasteiger partial charge in [-0.15, -0.1) is 11.3 Å². The summed E-state index contributed by atoms with van der Waals surface area (Å²) >= 11 is 7.18. The van der Waals surface area contributed by atoms with Gasteiger partial charge in [0.25, 0.3) is 0 Å². The summed E-state index contributed by atoms with van der Waals surface area (Å²) < 4.78 is 28.9. The molecule has 3 heterocycles. The summed E-state index contributed by atoms with van der Waals surface area (Å²) in [5.41, 5.74) is 5.90. The largest absolute Gasteiger partial charge is 0.384 e. The van der Waals surface area contributed by atoms with Crippen LogP contribution in [0.4, 0.5) is 26.2 Å². The molecule has 0 spiro atoms. The van der Waals surface area contributed by atoms with E-state index in [9.17, 15) is 8.78 Å². The molecule has 0 amide bonds. The van der Waals surface area contributed by atoms with Gasteiger partial charge < -0.3 is 11.1 Å². The highest BCUT2D eigenvalue weighted by Gasteiger charge is 2.19. The Morgan fingerprint density at radius 2 is 1.96 bits per heavy atom. The van der Waals surface area contributed by atoms with Crippen molar-refractivity contribution in [1.82, 2.24) is 19.9 Å². The highest BCUT2D eigenvalue weighted by molar-refractivity contribution is 7.22. The van der Waals surface area contributed by atoms with Gasteiger partial charge >= 0.3 is 0 Å². The van der Waals surface area contributed by atoms with E-state index in [2.05, 4.69) is 25.3 Å². The highest BCUT2D eigenvalue weighted by Crippen LogP contribution is 2.39. The molecule has 10 heteroatoms. The Hall–Kier alpha value is -2.91. The number of nitrogen functional groups attached to an aromatic ring is 1. The van der Waals surface area contributed by atoms with Crippen molar-refractivity contribution < 1.29 is 8.78 Å². The lowest BCUT2D eigenvalue weighted by atomic mass is 10.2. The van der Waals surface area contributed by atoms with Crippen LogP contribution >= 0.6 is 22.9 Å². The van der Waals surface area contributed by atoms with E-state index in [0.29, 0.717) is 22.2 Å². The third-order valence-corrected chi connectivity index (χ3v) is 5.05. The minimum Gasteiger partial charge on any atom is -0.384 e. The summed E-state index contributed by atoms with van der Waals surface area (Å²) in [5, 5.41) is 3.43. The fraction of sp³-hybridized carbons (Fsp3) is 0.0588. The smallest absolute Gasteiger partial charge is 0.168 e. The van der Waals surface area contributed by atoms with Gasteiger partial charge in [-0.3, -0.25) is 0 Å². The van der Waals surface area contributed by atoms with Gasteiger partial charge in [-0.2, -0.15) is 0 Å². The van der Waals surface area contributed by atoms with Crippen LogP contribution in [-0.4, -0.2) is 19.9 Å². The van der Waals surface area contributed by atoms with Crippen molar-refractivity contribution >= 4 is 50.6 Å². The van der Waals surface area contributed by atoms with E-state index >= 15 is 0 Å². The van der Waals surface area contributed by atoms with Crippen LogP contribution in [0.25, 0.3) is 20.8 Å². The van der Waals surface area contributed by atoms with Crippen molar-refractivity contribution in [2.24, 2.45) is 0 Å². The van der Waals surface area contributed by atoms with Gasteiger partial charge in [0, 0.05) is 6.07 Å². The van der Waals surface area contributed by atoms with Gasteiger partial charge in [-0.25, -0.2) is 28.7 Å². The molecule has 136 valence electrons. The van der Waals surface area contributed by atoms with Crippen LogP contribution < -0.4 is 11.1 Å². The molecule has 0 saturated carbocycles. The Morgan fingerprint density at radius 3 is 2.70 bits per heavy atom. The number of nitrogens with zero attached hydrogens (tertiary/aromatic N) is 4. The number of anilines is 3. The molecular formula is C17H11ClF2N6S. The Balaban J connectivity index is 1.86. The number of hydrogen-bond donors (Lipinski definition) is 2. The van der Waals surface area contributed by atoms with Crippen LogP contribution in [0.15, 0.2) is 30.5 Å². The van der Waals surface area contributed by atoms with Crippen molar-refractivity contribution in [3.8, 4) is 10.6 Å². The lowest BCUT2D eigenvalue weighted by molar-refractivity contribution is 0.629. The zero-order chi connectivity index (χ0) is 19.1. The third kappa shape index (κ3) is 3.26. The van der Waals surface area contributed by atoms with E-state index in [1.54, 1.807) is 13.0 Å². The number of pyridine rings is 1. The second kappa shape index (κ2) is 6.67. The first kappa shape index (κ1) is 17.5. The molecule has 0 aliphatic rings. The number of hydrogen-bond acceptors (Lipinski definition) is 7. The predicted octanol–water partition coefficient (Wildman–Crippen LogP) is 4.71. The molecule has 0 fully saturated rings. The summed E-state index contributed by atoms with van der Waals surface area (Å²) in [5.74, 6) is 0.317. The SMILES string of the molecule is Cc1nc(N)cc(Nc2ncc(F)c3nc(-c4c(F)cccc4Cl)sc23)n1. The van der Waals surface area contributed by atoms with Gasteiger partial charge in [0.15, 0.2) is 11.6 Å². The average molecular weight is 405 g/mol. The van der Waals surface area contributed by atoms with E-state index in [4.69, 9.17) is 17.3 Å². The number of aryl methyl sites for hydroxylation is 1. The van der Waals surface area contributed by atoms with Gasteiger partial charge in [-0.05, 0) is 19.1 Å². The van der Waals surface area contributed by atoms with Crippen molar-refractivity contribution in [1.29, 1.82) is 0 Å². The number of nitrogens with two attached hydrogens (primary N) is 1. The number of fused-ring (bicyclic) bond motifs is 1. The molecule has 0 saturated heterocycles. The van der Waals surface area contributed by atoms with Crippen LogP contribution in [0.5, 0.6) is 0 Å². The molecule has 3 aromatic heterocycles. The van der Waals surface area contributed by atoms with E-state index in [-0.39, 0.29) is 26.9 Å². The van der Waals surface area contributed by atoms with Crippen LogP contribution in [-0.2, 0) is 0 Å². The Morgan fingerprint density at radius 1 is 1.15 bits per heavy atom. The van der Waals surface area contributed by atoms with E-state index < -0.39 is 11.6 Å². The molecule has 6 nitrogen and oxygen atoms in total. The maximum Gasteiger partial charge on any atom is 0.168 e. The van der Waals surface area contributed by atoms with E-state index in [0.717, 1.165) is 17.5 Å². The van der Waals surface area contributed by atoms with E-state index in [1.807, 2.05) is 0 Å². The molecule has 0 aliphatic heterocycles. The third-order valence-electron chi connectivity index (χ3n) is 3.66. The lowest BCUT2D eigenvalue weighted by Crippen LogP contribution is -2.02. The molecule has 0 radical (unpaired) electrons. The first-order valence-electron chi connectivity index (χ1n) is 7.70. The lowest BCUT2D eigenvalue weighted by Gasteiger charge is -2.07. The molecular weight excluding hydrogens is 394 g/mol. The summed E-state index contributed by atoms with van der Waals surface area (Å²) in [4.78, 5) is 16.5. The standard InChI is InChI=1S/C17H11ClF2N6S/c1-7-23-11(21)5-12(24-7)25-16-15-14(10(20)6-22-16)26-17(27-15)13-8(18)3-2-4-9(13)19/h2-6H,1H3,(H3,21,22,23,24,25). The monoisotopic (exact) mass is 404 g/mol. The summed E-state index contributed by atoms with van der Waals surface area (Å²) in [7, 11) is 0. The van der Waals surface area contributed by atoms with Gasteiger partial charge in [0.05, 0.1) is 16.8 Å². The van der Waals surface area contributed by atoms with Crippen molar-refractivity contribution in [2.75, 3.05) is 11.1 Å². The topological polar surface area (TPSA) is 89.6 Å². The van der Waals surface area contributed by atoms with Gasteiger partial charge in [0.2, 0.25) is 0 Å². The summed E-state index contributed by atoms with van der Waals surface area (Å²) in [6.07, 6.45) is 1.04. The average Bonchev–Trinajstić information content (AvgIpc) is 3.02. The maximum absolute atomic E-state index is 14.2. The minimum atomic E-state index is -0.621. The number of benzene rings is 1. The fourth-order valence-corrected chi connectivity index (χ4v) is 3.95. The predicted molar refractivity (Wildman–Crippen MR) is 102 cm³/mol. The number of halogens is 3. The molecule has 3 N–H and O–H groups in total. The minimum absolute atomic E-state index is 0.0607. The molecule has 4 rings (SSSR count). The van der Waals surface area contributed by atoms with Gasteiger partial charge in [0.1, 0.15) is 38.5 Å². The molecule has 27 heavy (non-hydrogen) atoms. The molecule has 0 atom stereocenters. The van der Waals surface area contributed by atoms with Crippen molar-refractivity contribution in [3.05, 3.63) is 52.9 Å². The molecule has 0 unspecified atom stereocenters. The second-order valence-corrected chi connectivity index (χ2v) is 7.00. The summed E-state index contributed by atoms with van der Waals surface area (Å²) in [6, 6.07) is 5.84. The number of thiazole rings is 1. The quantitative estimate of drug-likeness (QED) is 0.513. The maximum atomic E-state index is 14.2. The number of aromatic nitrogens is 4. The number of rotatable bonds is 3. The molecule has 1 aromatic carbocycles. The normalized spacial score (nSPS) is 11.1. The highest BCUT2D eigenvalue weighted by atomic mass is 35.5. The van der Waals surface area contributed by atoms with Crippen LogP contribution in [0.3, 0.4) is 0 Å². The van der Waals surface area contributed by atoms with Crippen LogP contribution in [0, 0.1) is 18.6 Å². The van der Waals surface area contributed by atoms with E-state index in [1.165, 1.54) is 18.2 Å². The number of nitrogens with one attached hydrogen (secondary N) is 1. The van der Waals surface area contributed by atoms with Crippen LogP contribution in [0.2, 0.25) is 5.02 Å².